The average Bonchev–Trinajstić information content (AvgIpc) is 3.32. The highest BCUT2D eigenvalue weighted by Gasteiger charge is 2.18. The summed E-state index contributed by atoms with van der Waals surface area (Å²) in [7, 11) is 5.11. The first-order valence-corrected chi connectivity index (χ1v) is 9.38. The van der Waals surface area contributed by atoms with Gasteiger partial charge in [-0.25, -0.2) is 4.79 Å². The number of carboxylic acids is 1. The highest BCUT2D eigenvalue weighted by Crippen LogP contribution is 2.17. The summed E-state index contributed by atoms with van der Waals surface area (Å²) in [4.78, 5) is 47.3. The van der Waals surface area contributed by atoms with Crippen molar-refractivity contribution in [1.29, 1.82) is 0 Å². The molecular formula is C22H23N3O5. The Bertz CT molecular complexity index is 1150. The molecule has 0 atom stereocenters. The van der Waals surface area contributed by atoms with Crippen LogP contribution in [0.2, 0.25) is 0 Å². The van der Waals surface area contributed by atoms with Crippen molar-refractivity contribution in [2.45, 2.75) is 19.3 Å². The highest BCUT2D eigenvalue weighted by molar-refractivity contribution is 5.99. The largest absolute Gasteiger partial charge is 0.477 e. The van der Waals surface area contributed by atoms with Gasteiger partial charge in [0, 0.05) is 59.0 Å². The maximum absolute atomic E-state index is 12.7. The van der Waals surface area contributed by atoms with E-state index in [4.69, 9.17) is 5.11 Å². The summed E-state index contributed by atoms with van der Waals surface area (Å²) in [6.07, 6.45) is 6.38. The standard InChI is InChI=1S/C22H23N3O5/c1-23-11-14(4-5-26)6-17(23)20(27)9-15-7-18(24(2)12-15)21(28)10-16-8-19(22(29)30)25(3)13-16/h5-8,11-13H,4,9-10H2,1-3H3,(H,29,30). The van der Waals surface area contributed by atoms with Gasteiger partial charge in [0.25, 0.3) is 0 Å². The van der Waals surface area contributed by atoms with Crippen molar-refractivity contribution in [3.63, 3.8) is 0 Å². The van der Waals surface area contributed by atoms with Crippen molar-refractivity contribution in [2.24, 2.45) is 21.1 Å². The Kier molecular flexibility index (Phi) is 5.86. The predicted octanol–water partition coefficient (Wildman–Crippen LogP) is 1.99. The fraction of sp³-hybridized carbons (Fsp3) is 0.273. The minimum atomic E-state index is -1.05. The number of ketones is 2. The maximum atomic E-state index is 12.7. The molecule has 0 amide bonds. The molecule has 3 rings (SSSR count). The van der Waals surface area contributed by atoms with E-state index in [0.29, 0.717) is 22.5 Å². The molecule has 1 N–H and O–H groups in total. The van der Waals surface area contributed by atoms with Crippen LogP contribution < -0.4 is 0 Å². The number of aldehydes is 1. The summed E-state index contributed by atoms with van der Waals surface area (Å²) in [5.74, 6) is -1.31. The van der Waals surface area contributed by atoms with Gasteiger partial charge in [0.1, 0.15) is 12.0 Å². The van der Waals surface area contributed by atoms with Crippen LogP contribution >= 0.6 is 0 Å². The van der Waals surface area contributed by atoms with Gasteiger partial charge in [-0.05, 0) is 34.9 Å². The first kappa shape index (κ1) is 21.0. The molecule has 0 aliphatic rings. The third-order valence-corrected chi connectivity index (χ3v) is 5.02. The molecule has 0 unspecified atom stereocenters. The van der Waals surface area contributed by atoms with E-state index in [1.54, 1.807) is 61.0 Å². The van der Waals surface area contributed by atoms with E-state index in [0.717, 1.165) is 11.8 Å². The number of carbonyl (C=O) groups excluding carboxylic acids is 3. The number of nitrogens with zero attached hydrogens (tertiary/aromatic N) is 3. The highest BCUT2D eigenvalue weighted by atomic mass is 16.4. The molecule has 0 bridgehead atoms. The summed E-state index contributed by atoms with van der Waals surface area (Å²) >= 11 is 0. The summed E-state index contributed by atoms with van der Waals surface area (Å²) in [6.45, 7) is 0. The molecule has 8 heteroatoms. The van der Waals surface area contributed by atoms with Gasteiger partial charge < -0.3 is 23.6 Å². The molecule has 3 aromatic rings. The number of aryl methyl sites for hydroxylation is 3. The summed E-state index contributed by atoms with van der Waals surface area (Å²) < 4.78 is 4.85. The lowest BCUT2D eigenvalue weighted by Gasteiger charge is -2.00. The second-order valence-corrected chi connectivity index (χ2v) is 7.41. The second kappa shape index (κ2) is 8.36. The minimum Gasteiger partial charge on any atom is -0.477 e. The van der Waals surface area contributed by atoms with E-state index in [2.05, 4.69) is 0 Å². The number of hydrogen-bond donors (Lipinski definition) is 1. The van der Waals surface area contributed by atoms with Gasteiger partial charge in [-0.2, -0.15) is 0 Å². The molecule has 30 heavy (non-hydrogen) atoms. The summed E-state index contributed by atoms with van der Waals surface area (Å²) in [6, 6.07) is 4.89. The van der Waals surface area contributed by atoms with E-state index in [1.165, 1.54) is 10.6 Å². The van der Waals surface area contributed by atoms with Crippen LogP contribution in [0.25, 0.3) is 0 Å². The van der Waals surface area contributed by atoms with Gasteiger partial charge in [-0.3, -0.25) is 9.59 Å². The van der Waals surface area contributed by atoms with E-state index in [1.807, 2.05) is 0 Å². The zero-order valence-electron chi connectivity index (χ0n) is 17.1. The molecule has 8 nitrogen and oxygen atoms in total. The first-order chi connectivity index (χ1) is 14.2. The van der Waals surface area contributed by atoms with E-state index in [-0.39, 0.29) is 36.5 Å². The molecule has 3 heterocycles. The molecule has 0 aromatic carbocycles. The summed E-state index contributed by atoms with van der Waals surface area (Å²) in [5.41, 5.74) is 3.19. The van der Waals surface area contributed by atoms with Crippen molar-refractivity contribution in [1.82, 2.24) is 13.7 Å². The number of aromatic nitrogens is 3. The topological polar surface area (TPSA) is 103 Å². The van der Waals surface area contributed by atoms with Crippen molar-refractivity contribution in [3.05, 3.63) is 70.6 Å². The van der Waals surface area contributed by atoms with Gasteiger partial charge in [0.05, 0.1) is 11.4 Å². The molecule has 0 radical (unpaired) electrons. The van der Waals surface area contributed by atoms with E-state index in [9.17, 15) is 19.2 Å². The maximum Gasteiger partial charge on any atom is 0.352 e. The Morgan fingerprint density at radius 1 is 0.767 bits per heavy atom. The molecule has 0 aliphatic carbocycles. The van der Waals surface area contributed by atoms with Crippen molar-refractivity contribution in [2.75, 3.05) is 0 Å². The Hall–Kier alpha value is -3.68. The lowest BCUT2D eigenvalue weighted by Crippen LogP contribution is -2.08. The number of aromatic carboxylic acids is 1. The average molecular weight is 409 g/mol. The molecule has 0 saturated carbocycles. The molecule has 156 valence electrons. The molecule has 0 aliphatic heterocycles. The van der Waals surface area contributed by atoms with Crippen LogP contribution in [0.1, 0.15) is 48.2 Å². The third-order valence-electron chi connectivity index (χ3n) is 5.02. The van der Waals surface area contributed by atoms with Crippen molar-refractivity contribution in [3.8, 4) is 0 Å². The lowest BCUT2D eigenvalue weighted by molar-refractivity contribution is -0.107. The molecule has 0 fully saturated rings. The van der Waals surface area contributed by atoms with Gasteiger partial charge in [0.2, 0.25) is 0 Å². The SMILES string of the molecule is Cn1cc(CC(=O)c2cc(CC(=O)c3cc(CC=O)cn3C)cn2C)cc1C(=O)O. The van der Waals surface area contributed by atoms with Crippen LogP contribution in [0.3, 0.4) is 0 Å². The zero-order valence-corrected chi connectivity index (χ0v) is 17.1. The number of carboxylic acid groups (broad SMARTS) is 1. The lowest BCUT2D eigenvalue weighted by atomic mass is 10.1. The number of hydrogen-bond acceptors (Lipinski definition) is 4. The number of carbonyl (C=O) groups is 4. The molecule has 3 aromatic heterocycles. The van der Waals surface area contributed by atoms with Crippen LogP contribution in [0.4, 0.5) is 0 Å². The van der Waals surface area contributed by atoms with Gasteiger partial charge in [-0.1, -0.05) is 0 Å². The molecular weight excluding hydrogens is 386 g/mol. The quantitative estimate of drug-likeness (QED) is 0.430. The Morgan fingerprint density at radius 2 is 1.17 bits per heavy atom. The fourth-order valence-corrected chi connectivity index (χ4v) is 3.62. The van der Waals surface area contributed by atoms with Crippen molar-refractivity contribution < 1.29 is 24.3 Å². The van der Waals surface area contributed by atoms with E-state index < -0.39 is 5.97 Å². The summed E-state index contributed by atoms with van der Waals surface area (Å²) in [5, 5.41) is 9.15. The van der Waals surface area contributed by atoms with Crippen LogP contribution in [0, 0.1) is 0 Å². The van der Waals surface area contributed by atoms with Gasteiger partial charge in [0.15, 0.2) is 11.6 Å². The first-order valence-electron chi connectivity index (χ1n) is 9.38. The minimum absolute atomic E-state index is 0.0687. The number of Topliss-reactive ketones (excluding diaryl/α,β-unsaturated/α-hetero) is 2. The Balaban J connectivity index is 1.74. The van der Waals surface area contributed by atoms with Crippen LogP contribution in [0.15, 0.2) is 36.8 Å². The van der Waals surface area contributed by atoms with Crippen molar-refractivity contribution >= 4 is 23.8 Å². The normalized spacial score (nSPS) is 10.9. The zero-order chi connectivity index (χ0) is 22.0. The predicted molar refractivity (Wildman–Crippen MR) is 109 cm³/mol. The Labute approximate surface area is 173 Å². The Morgan fingerprint density at radius 3 is 1.60 bits per heavy atom. The van der Waals surface area contributed by atoms with Gasteiger partial charge >= 0.3 is 5.97 Å². The smallest absolute Gasteiger partial charge is 0.352 e. The third kappa shape index (κ3) is 4.32. The van der Waals surface area contributed by atoms with Crippen LogP contribution in [-0.2, 0) is 45.2 Å². The van der Waals surface area contributed by atoms with E-state index >= 15 is 0 Å². The fourth-order valence-electron chi connectivity index (χ4n) is 3.62. The second-order valence-electron chi connectivity index (χ2n) is 7.41. The number of rotatable bonds is 9. The molecule has 0 spiro atoms. The molecule has 0 saturated heterocycles. The van der Waals surface area contributed by atoms with Crippen LogP contribution in [-0.4, -0.2) is 42.6 Å². The van der Waals surface area contributed by atoms with Gasteiger partial charge in [-0.15, -0.1) is 0 Å². The monoisotopic (exact) mass is 409 g/mol. The van der Waals surface area contributed by atoms with Crippen LogP contribution in [0.5, 0.6) is 0 Å².